The molecule has 78 valence electrons. The van der Waals surface area contributed by atoms with E-state index in [2.05, 4.69) is 26.0 Å². The highest BCUT2D eigenvalue weighted by atomic mass is 32.2. The minimum Gasteiger partial charge on any atom is -0.389 e. The fourth-order valence-electron chi connectivity index (χ4n) is 1.11. The van der Waals surface area contributed by atoms with Crippen molar-refractivity contribution in [3.63, 3.8) is 0 Å². The zero-order valence-corrected chi connectivity index (χ0v) is 9.84. The van der Waals surface area contributed by atoms with Crippen LogP contribution in [-0.2, 0) is 0 Å². The highest BCUT2D eigenvalue weighted by Gasteiger charge is 2.01. The van der Waals surface area contributed by atoms with Crippen LogP contribution in [0, 0.1) is 5.92 Å². The Morgan fingerprint density at radius 2 is 1.71 bits per heavy atom. The quantitative estimate of drug-likeness (QED) is 0.768. The van der Waals surface area contributed by atoms with Crippen molar-refractivity contribution in [3.05, 3.63) is 29.8 Å². The Kier molecular flexibility index (Phi) is 4.49. The Morgan fingerprint density at radius 3 is 2.14 bits per heavy atom. The monoisotopic (exact) mass is 210 g/mol. The number of aliphatic hydroxyl groups excluding tert-OH is 1. The summed E-state index contributed by atoms with van der Waals surface area (Å²) in [5.74, 6) is 1.87. The molecule has 0 aliphatic heterocycles. The van der Waals surface area contributed by atoms with Crippen LogP contribution in [0.4, 0.5) is 0 Å². The van der Waals surface area contributed by atoms with E-state index >= 15 is 0 Å². The van der Waals surface area contributed by atoms with Crippen LogP contribution < -0.4 is 0 Å². The predicted octanol–water partition coefficient (Wildman–Crippen LogP) is 3.49. The third-order valence-electron chi connectivity index (χ3n) is 1.95. The minimum atomic E-state index is -0.362. The van der Waals surface area contributed by atoms with Crippen LogP contribution in [0.5, 0.6) is 0 Å². The first kappa shape index (κ1) is 11.6. The van der Waals surface area contributed by atoms with E-state index in [-0.39, 0.29) is 6.10 Å². The molecule has 0 unspecified atom stereocenters. The van der Waals surface area contributed by atoms with Gasteiger partial charge in [0.1, 0.15) is 0 Å². The van der Waals surface area contributed by atoms with Gasteiger partial charge in [-0.2, -0.15) is 0 Å². The van der Waals surface area contributed by atoms with Gasteiger partial charge < -0.3 is 5.11 Å². The van der Waals surface area contributed by atoms with E-state index < -0.39 is 0 Å². The topological polar surface area (TPSA) is 20.2 Å². The third-order valence-corrected chi connectivity index (χ3v) is 3.38. The van der Waals surface area contributed by atoms with Gasteiger partial charge in [-0.05, 0) is 30.5 Å². The molecule has 0 saturated heterocycles. The van der Waals surface area contributed by atoms with Crippen LogP contribution in [0.1, 0.15) is 32.4 Å². The largest absolute Gasteiger partial charge is 0.389 e. The lowest BCUT2D eigenvalue weighted by atomic mass is 10.1. The molecule has 0 fully saturated rings. The second-order valence-corrected chi connectivity index (χ2v) is 5.04. The van der Waals surface area contributed by atoms with Gasteiger partial charge >= 0.3 is 0 Å². The third kappa shape index (κ3) is 3.72. The van der Waals surface area contributed by atoms with Crippen LogP contribution >= 0.6 is 11.8 Å². The highest BCUT2D eigenvalue weighted by Crippen LogP contribution is 2.22. The average molecular weight is 210 g/mol. The van der Waals surface area contributed by atoms with E-state index in [0.717, 1.165) is 17.2 Å². The first-order chi connectivity index (χ1) is 6.59. The second-order valence-electron chi connectivity index (χ2n) is 3.95. The normalized spacial score (nSPS) is 13.2. The van der Waals surface area contributed by atoms with Crippen LogP contribution in [-0.4, -0.2) is 10.9 Å². The van der Waals surface area contributed by atoms with Crippen LogP contribution in [0.3, 0.4) is 0 Å². The standard InChI is InChI=1S/C12H18OS/c1-9(2)8-14-12-6-4-11(5-7-12)10(3)13/h4-7,9-10,13H,8H2,1-3H3/t10-/m0/s1. The number of rotatable bonds is 4. The Morgan fingerprint density at radius 1 is 1.14 bits per heavy atom. The van der Waals surface area contributed by atoms with E-state index in [1.165, 1.54) is 4.90 Å². The molecule has 1 N–H and O–H groups in total. The number of hydrogen-bond acceptors (Lipinski definition) is 2. The Balaban J connectivity index is 2.55. The Bertz CT molecular complexity index is 264. The van der Waals surface area contributed by atoms with Gasteiger partial charge in [0.15, 0.2) is 0 Å². The van der Waals surface area contributed by atoms with Gasteiger partial charge in [-0.25, -0.2) is 0 Å². The van der Waals surface area contributed by atoms with Gasteiger partial charge in [0, 0.05) is 10.6 Å². The summed E-state index contributed by atoms with van der Waals surface area (Å²) in [5, 5.41) is 9.33. The Labute approximate surface area is 90.5 Å². The molecule has 2 heteroatoms. The van der Waals surface area contributed by atoms with Crippen molar-refractivity contribution >= 4 is 11.8 Å². The van der Waals surface area contributed by atoms with Crippen molar-refractivity contribution in [1.82, 2.24) is 0 Å². The molecule has 1 aromatic rings. The fraction of sp³-hybridized carbons (Fsp3) is 0.500. The van der Waals surface area contributed by atoms with Crippen molar-refractivity contribution in [1.29, 1.82) is 0 Å². The summed E-state index contributed by atoms with van der Waals surface area (Å²) >= 11 is 1.87. The summed E-state index contributed by atoms with van der Waals surface area (Å²) in [7, 11) is 0. The lowest BCUT2D eigenvalue weighted by molar-refractivity contribution is 0.199. The molecule has 0 amide bonds. The van der Waals surface area contributed by atoms with Gasteiger partial charge in [-0.15, -0.1) is 11.8 Å². The lowest BCUT2D eigenvalue weighted by Gasteiger charge is -2.07. The molecule has 1 atom stereocenters. The van der Waals surface area contributed by atoms with Gasteiger partial charge in [0.25, 0.3) is 0 Å². The summed E-state index contributed by atoms with van der Waals surface area (Å²) in [6, 6.07) is 8.14. The van der Waals surface area contributed by atoms with Crippen molar-refractivity contribution in [3.8, 4) is 0 Å². The summed E-state index contributed by atoms with van der Waals surface area (Å²) in [6.07, 6.45) is -0.362. The molecule has 0 radical (unpaired) electrons. The molecule has 0 heterocycles. The van der Waals surface area contributed by atoms with E-state index in [1.807, 2.05) is 23.9 Å². The maximum atomic E-state index is 9.33. The summed E-state index contributed by atoms with van der Waals surface area (Å²) in [6.45, 7) is 6.23. The smallest absolute Gasteiger partial charge is 0.0761 e. The molecular weight excluding hydrogens is 192 g/mol. The average Bonchev–Trinajstić information content (AvgIpc) is 2.15. The van der Waals surface area contributed by atoms with Crippen molar-refractivity contribution < 1.29 is 5.11 Å². The van der Waals surface area contributed by atoms with Gasteiger partial charge in [0.05, 0.1) is 6.10 Å². The van der Waals surface area contributed by atoms with E-state index in [1.54, 1.807) is 6.92 Å². The van der Waals surface area contributed by atoms with Crippen molar-refractivity contribution in [2.45, 2.75) is 31.8 Å². The maximum Gasteiger partial charge on any atom is 0.0761 e. The maximum absolute atomic E-state index is 9.33. The van der Waals surface area contributed by atoms with Gasteiger partial charge in [-0.1, -0.05) is 26.0 Å². The molecule has 14 heavy (non-hydrogen) atoms. The molecule has 0 aromatic heterocycles. The molecule has 0 bridgehead atoms. The molecule has 0 aliphatic carbocycles. The zero-order valence-electron chi connectivity index (χ0n) is 9.03. The first-order valence-corrected chi connectivity index (χ1v) is 5.99. The molecule has 0 aliphatic rings. The number of thioether (sulfide) groups is 1. The highest BCUT2D eigenvalue weighted by molar-refractivity contribution is 7.99. The van der Waals surface area contributed by atoms with Crippen molar-refractivity contribution in [2.75, 3.05) is 5.75 Å². The fourth-order valence-corrected chi connectivity index (χ4v) is 1.96. The second kappa shape index (κ2) is 5.42. The van der Waals surface area contributed by atoms with Crippen molar-refractivity contribution in [2.24, 2.45) is 5.92 Å². The zero-order chi connectivity index (χ0) is 10.6. The molecular formula is C12H18OS. The van der Waals surface area contributed by atoms with Gasteiger partial charge in [-0.3, -0.25) is 0 Å². The van der Waals surface area contributed by atoms with E-state index in [9.17, 15) is 5.11 Å². The Hall–Kier alpha value is -0.470. The number of hydrogen-bond donors (Lipinski definition) is 1. The lowest BCUT2D eigenvalue weighted by Crippen LogP contribution is -1.92. The SMILES string of the molecule is CC(C)CSc1ccc([C@H](C)O)cc1. The van der Waals surface area contributed by atoms with Crippen LogP contribution in [0.2, 0.25) is 0 Å². The first-order valence-electron chi connectivity index (χ1n) is 5.00. The summed E-state index contributed by atoms with van der Waals surface area (Å²) < 4.78 is 0. The summed E-state index contributed by atoms with van der Waals surface area (Å²) in [5.41, 5.74) is 0.985. The van der Waals surface area contributed by atoms with Crippen LogP contribution in [0.15, 0.2) is 29.2 Å². The van der Waals surface area contributed by atoms with E-state index in [4.69, 9.17) is 0 Å². The molecule has 1 aromatic carbocycles. The number of benzene rings is 1. The number of aliphatic hydroxyl groups is 1. The molecule has 1 rings (SSSR count). The van der Waals surface area contributed by atoms with Gasteiger partial charge in [0.2, 0.25) is 0 Å². The van der Waals surface area contributed by atoms with Crippen LogP contribution in [0.25, 0.3) is 0 Å². The molecule has 0 spiro atoms. The molecule has 0 saturated carbocycles. The minimum absolute atomic E-state index is 0.362. The molecule has 1 nitrogen and oxygen atoms in total. The predicted molar refractivity (Wildman–Crippen MR) is 62.6 cm³/mol. The van der Waals surface area contributed by atoms with E-state index in [0.29, 0.717) is 0 Å². The summed E-state index contributed by atoms with van der Waals surface area (Å²) in [4.78, 5) is 1.28.